The van der Waals surface area contributed by atoms with Crippen LogP contribution in [0.15, 0.2) is 48.1 Å². The number of rotatable bonds is 2. The Kier molecular flexibility index (Phi) is 3.99. The zero-order chi connectivity index (χ0) is 17.2. The smallest absolute Gasteiger partial charge is 0.339 e. The van der Waals surface area contributed by atoms with E-state index in [2.05, 4.69) is 11.8 Å². The third-order valence-corrected chi connectivity index (χ3v) is 4.43. The van der Waals surface area contributed by atoms with Gasteiger partial charge >= 0.3 is 11.9 Å². The van der Waals surface area contributed by atoms with Gasteiger partial charge in [0.25, 0.3) is 0 Å². The highest BCUT2D eigenvalue weighted by molar-refractivity contribution is 6.13. The molecule has 2 aliphatic carbocycles. The number of ether oxygens (including phenoxy) is 2. The van der Waals surface area contributed by atoms with Crippen molar-refractivity contribution in [1.29, 1.82) is 0 Å². The summed E-state index contributed by atoms with van der Waals surface area (Å²) in [5.41, 5.74) is 1.45. The van der Waals surface area contributed by atoms with E-state index in [1.165, 1.54) is 0 Å². The van der Waals surface area contributed by atoms with Crippen LogP contribution in [0.25, 0.3) is 11.6 Å². The summed E-state index contributed by atoms with van der Waals surface area (Å²) >= 11 is 0. The van der Waals surface area contributed by atoms with Crippen molar-refractivity contribution in [3.63, 3.8) is 0 Å². The molecule has 2 unspecified atom stereocenters. The van der Waals surface area contributed by atoms with Crippen LogP contribution < -0.4 is 10.4 Å². The van der Waals surface area contributed by atoms with Crippen LogP contribution in [0, 0.1) is 17.8 Å². The number of cyclic esters (lactones) is 1. The Labute approximate surface area is 145 Å². The van der Waals surface area contributed by atoms with E-state index in [0.717, 1.165) is 16.0 Å². The monoisotopic (exact) mass is 332 g/mol. The van der Waals surface area contributed by atoms with Gasteiger partial charge in [-0.05, 0) is 34.6 Å². The minimum Gasteiger partial charge on any atom is -0.425 e. The first-order valence-electron chi connectivity index (χ1n) is 8.31. The summed E-state index contributed by atoms with van der Waals surface area (Å²) in [5.74, 6) is 4.92. The van der Waals surface area contributed by atoms with Crippen molar-refractivity contribution >= 4 is 23.6 Å². The van der Waals surface area contributed by atoms with E-state index >= 15 is 0 Å². The van der Waals surface area contributed by atoms with Crippen LogP contribution in [0.1, 0.15) is 19.3 Å². The van der Waals surface area contributed by atoms with Gasteiger partial charge in [0.15, 0.2) is 0 Å². The Morgan fingerprint density at radius 1 is 1.28 bits per heavy atom. The van der Waals surface area contributed by atoms with Crippen LogP contribution in [-0.4, -0.2) is 18.2 Å². The topological polar surface area (TPSA) is 52.6 Å². The lowest BCUT2D eigenvalue weighted by Crippen LogP contribution is -2.38. The van der Waals surface area contributed by atoms with Crippen molar-refractivity contribution in [3.05, 3.63) is 58.5 Å². The first-order valence-corrected chi connectivity index (χ1v) is 8.31. The fraction of sp³-hybridized carbons (Fsp3) is 0.238. The van der Waals surface area contributed by atoms with Crippen LogP contribution in [0.3, 0.4) is 0 Å². The number of hydrogen-bond acceptors (Lipinski definition) is 4. The van der Waals surface area contributed by atoms with Gasteiger partial charge in [0.1, 0.15) is 0 Å². The molecule has 4 nitrogen and oxygen atoms in total. The van der Waals surface area contributed by atoms with E-state index < -0.39 is 12.3 Å². The highest BCUT2D eigenvalue weighted by Gasteiger charge is 2.31. The van der Waals surface area contributed by atoms with Gasteiger partial charge in [-0.3, -0.25) is 4.79 Å². The maximum atomic E-state index is 12.9. The SMILES string of the molecule is O=C1CCCC(OC(=O)C2=c3ccccc3=CC3=CC=CC#CC32)O1. The molecule has 2 atom stereocenters. The number of allylic oxidation sites excluding steroid dienone is 4. The molecule has 0 N–H and O–H groups in total. The van der Waals surface area contributed by atoms with Crippen LogP contribution in [0.2, 0.25) is 0 Å². The standard InChI is InChI=1S/C21H16O4/c22-18-11-6-12-19(24-18)25-21(23)20-16-9-3-1-2-7-14(16)13-15-8-4-5-10-17(15)20/h1-2,4-5,7-8,10,13,16,19H,6,11-12H2. The number of hydrogen-bond donors (Lipinski definition) is 0. The number of benzene rings is 1. The van der Waals surface area contributed by atoms with E-state index in [0.29, 0.717) is 24.8 Å². The molecule has 0 bridgehead atoms. The normalized spacial score (nSPS) is 23.6. The maximum absolute atomic E-state index is 12.9. The van der Waals surface area contributed by atoms with Gasteiger partial charge in [-0.2, -0.15) is 0 Å². The lowest BCUT2D eigenvalue weighted by atomic mass is 9.85. The lowest BCUT2D eigenvalue weighted by Gasteiger charge is -2.25. The summed E-state index contributed by atoms with van der Waals surface area (Å²) in [5, 5.41) is 1.77. The molecule has 3 aliphatic rings. The van der Waals surface area contributed by atoms with Crippen LogP contribution in [-0.2, 0) is 19.1 Å². The third-order valence-electron chi connectivity index (χ3n) is 4.43. The van der Waals surface area contributed by atoms with E-state index in [1.807, 2.05) is 42.5 Å². The number of esters is 2. The van der Waals surface area contributed by atoms with Gasteiger partial charge in [0.2, 0.25) is 6.29 Å². The Balaban J connectivity index is 1.77. The van der Waals surface area contributed by atoms with Gasteiger partial charge in [0, 0.05) is 12.8 Å². The van der Waals surface area contributed by atoms with Crippen molar-refractivity contribution in [2.45, 2.75) is 25.6 Å². The maximum Gasteiger partial charge on any atom is 0.339 e. The average molecular weight is 332 g/mol. The molecule has 0 amide bonds. The summed E-state index contributed by atoms with van der Waals surface area (Å²) < 4.78 is 10.6. The fourth-order valence-corrected chi connectivity index (χ4v) is 3.26. The molecule has 0 saturated carbocycles. The number of carbonyl (C=O) groups excluding carboxylic acids is 2. The number of carbonyl (C=O) groups is 2. The minimum atomic E-state index is -0.816. The fourth-order valence-electron chi connectivity index (χ4n) is 3.26. The molecule has 4 heteroatoms. The minimum absolute atomic E-state index is 0.328. The summed E-state index contributed by atoms with van der Waals surface area (Å²) in [7, 11) is 0. The second kappa shape index (κ2) is 6.45. The highest BCUT2D eigenvalue weighted by Crippen LogP contribution is 2.27. The van der Waals surface area contributed by atoms with Crippen molar-refractivity contribution in [1.82, 2.24) is 0 Å². The number of fused-ring (bicyclic) bond motifs is 2. The lowest BCUT2D eigenvalue weighted by molar-refractivity contribution is -0.191. The first kappa shape index (κ1) is 15.5. The Hall–Kier alpha value is -3.06. The zero-order valence-corrected chi connectivity index (χ0v) is 13.5. The van der Waals surface area contributed by atoms with Crippen molar-refractivity contribution in [3.8, 4) is 11.8 Å². The molecule has 1 saturated heterocycles. The molecule has 25 heavy (non-hydrogen) atoms. The Morgan fingerprint density at radius 3 is 3.04 bits per heavy atom. The largest absolute Gasteiger partial charge is 0.425 e. The van der Waals surface area contributed by atoms with Crippen LogP contribution >= 0.6 is 0 Å². The predicted octanol–water partition coefficient (Wildman–Crippen LogP) is 1.34. The quantitative estimate of drug-likeness (QED) is 0.606. The Bertz CT molecular complexity index is 985. The second-order valence-corrected chi connectivity index (χ2v) is 6.11. The molecular weight excluding hydrogens is 316 g/mol. The molecule has 0 radical (unpaired) electrons. The molecule has 124 valence electrons. The Morgan fingerprint density at radius 2 is 2.16 bits per heavy atom. The molecule has 1 heterocycles. The van der Waals surface area contributed by atoms with Crippen LogP contribution in [0.4, 0.5) is 0 Å². The molecule has 0 aromatic heterocycles. The van der Waals surface area contributed by atoms with Crippen molar-refractivity contribution in [2.75, 3.05) is 0 Å². The van der Waals surface area contributed by atoms with Gasteiger partial charge in [0.05, 0.1) is 11.5 Å². The second-order valence-electron chi connectivity index (χ2n) is 6.11. The molecular formula is C21H16O4. The summed E-state index contributed by atoms with van der Waals surface area (Å²) in [6, 6.07) is 7.67. The van der Waals surface area contributed by atoms with Gasteiger partial charge in [-0.25, -0.2) is 4.79 Å². The van der Waals surface area contributed by atoms with Crippen molar-refractivity contribution in [2.24, 2.45) is 5.92 Å². The average Bonchev–Trinajstić information content (AvgIpc) is 2.84. The molecule has 1 aromatic rings. The van der Waals surface area contributed by atoms with Gasteiger partial charge in [-0.1, -0.05) is 48.3 Å². The summed E-state index contributed by atoms with van der Waals surface area (Å²) in [4.78, 5) is 24.4. The molecule has 1 fully saturated rings. The summed E-state index contributed by atoms with van der Waals surface area (Å²) in [6.45, 7) is 0. The van der Waals surface area contributed by atoms with Gasteiger partial charge < -0.3 is 9.47 Å². The predicted molar refractivity (Wildman–Crippen MR) is 91.9 cm³/mol. The molecule has 4 rings (SSSR count). The zero-order valence-electron chi connectivity index (χ0n) is 13.5. The third kappa shape index (κ3) is 3.01. The van der Waals surface area contributed by atoms with E-state index in [-0.39, 0.29) is 11.9 Å². The van der Waals surface area contributed by atoms with Crippen molar-refractivity contribution < 1.29 is 19.1 Å². The van der Waals surface area contributed by atoms with E-state index in [9.17, 15) is 9.59 Å². The van der Waals surface area contributed by atoms with E-state index in [1.54, 1.807) is 6.08 Å². The molecule has 1 aromatic carbocycles. The molecule has 0 spiro atoms. The molecule has 1 aliphatic heterocycles. The highest BCUT2D eigenvalue weighted by atomic mass is 16.7. The summed E-state index contributed by atoms with van der Waals surface area (Å²) in [6.07, 6.45) is 8.37. The van der Waals surface area contributed by atoms with Crippen LogP contribution in [0.5, 0.6) is 0 Å². The van der Waals surface area contributed by atoms with E-state index in [4.69, 9.17) is 9.47 Å². The first-order chi connectivity index (χ1) is 12.2. The van der Waals surface area contributed by atoms with Gasteiger partial charge in [-0.15, -0.1) is 0 Å².